The summed E-state index contributed by atoms with van der Waals surface area (Å²) in [5.41, 5.74) is 5.64. The lowest BCUT2D eigenvalue weighted by atomic mass is 9.97. The van der Waals surface area contributed by atoms with Crippen LogP contribution in [-0.4, -0.2) is 32.2 Å². The Hall–Kier alpha value is -3.06. The molecule has 2 aromatic heterocycles. The number of carbonyl (C=O) groups is 1. The maximum atomic E-state index is 12.9. The van der Waals surface area contributed by atoms with Crippen LogP contribution < -0.4 is 10.6 Å². The summed E-state index contributed by atoms with van der Waals surface area (Å²) in [6.07, 6.45) is 1.76. The van der Waals surface area contributed by atoms with Crippen molar-refractivity contribution < 1.29 is 4.79 Å². The zero-order valence-electron chi connectivity index (χ0n) is 17.9. The van der Waals surface area contributed by atoms with Crippen LogP contribution in [0.15, 0.2) is 36.5 Å². The molecule has 1 aliphatic rings. The Balaban J connectivity index is 1.48. The first-order chi connectivity index (χ1) is 14.4. The van der Waals surface area contributed by atoms with Gasteiger partial charge in [0.25, 0.3) is 5.91 Å². The molecule has 0 aliphatic carbocycles. The third-order valence-corrected chi connectivity index (χ3v) is 5.43. The van der Waals surface area contributed by atoms with Gasteiger partial charge < -0.3 is 10.6 Å². The van der Waals surface area contributed by atoms with Crippen LogP contribution in [0.5, 0.6) is 0 Å². The molecule has 1 amide bonds. The molecule has 0 radical (unpaired) electrons. The molecular weight excluding hydrogens is 376 g/mol. The molecule has 7 nitrogen and oxygen atoms in total. The van der Waals surface area contributed by atoms with E-state index >= 15 is 0 Å². The van der Waals surface area contributed by atoms with Crippen molar-refractivity contribution in [3.8, 4) is 11.4 Å². The van der Waals surface area contributed by atoms with Crippen molar-refractivity contribution >= 4 is 5.91 Å². The van der Waals surface area contributed by atoms with Gasteiger partial charge >= 0.3 is 0 Å². The molecule has 156 valence electrons. The van der Waals surface area contributed by atoms with E-state index in [4.69, 9.17) is 0 Å². The van der Waals surface area contributed by atoms with Gasteiger partial charge in [-0.1, -0.05) is 31.2 Å². The maximum absolute atomic E-state index is 12.9. The molecule has 7 heteroatoms. The highest BCUT2D eigenvalue weighted by atomic mass is 16.1. The van der Waals surface area contributed by atoms with Crippen LogP contribution in [0.2, 0.25) is 0 Å². The van der Waals surface area contributed by atoms with Crippen molar-refractivity contribution in [2.24, 2.45) is 0 Å². The molecule has 2 N–H and O–H groups in total. The second-order valence-electron chi connectivity index (χ2n) is 8.18. The molecule has 3 heterocycles. The molecule has 0 bridgehead atoms. The Morgan fingerprint density at radius 1 is 1.27 bits per heavy atom. The molecule has 0 saturated heterocycles. The number of rotatable bonds is 5. The molecule has 30 heavy (non-hydrogen) atoms. The molecular formula is C23H28N6O. The molecule has 1 aliphatic heterocycles. The third kappa shape index (κ3) is 3.98. The number of aryl methyl sites for hydroxylation is 1. The zero-order chi connectivity index (χ0) is 21.3. The van der Waals surface area contributed by atoms with Gasteiger partial charge in [0.05, 0.1) is 0 Å². The van der Waals surface area contributed by atoms with Crippen LogP contribution in [0.3, 0.4) is 0 Å². The molecule has 0 spiro atoms. The Bertz CT molecular complexity index is 1050. The van der Waals surface area contributed by atoms with Gasteiger partial charge in [-0.15, -0.1) is 0 Å². The fraction of sp³-hybridized carbons (Fsp3) is 0.391. The van der Waals surface area contributed by atoms with Crippen molar-refractivity contribution in [3.63, 3.8) is 0 Å². The summed E-state index contributed by atoms with van der Waals surface area (Å²) in [6, 6.07) is 10.1. The van der Waals surface area contributed by atoms with Crippen molar-refractivity contribution in [1.29, 1.82) is 0 Å². The van der Waals surface area contributed by atoms with E-state index < -0.39 is 0 Å². The van der Waals surface area contributed by atoms with Crippen LogP contribution in [0.25, 0.3) is 11.4 Å². The second kappa shape index (κ2) is 8.36. The third-order valence-electron chi connectivity index (χ3n) is 5.43. The minimum absolute atomic E-state index is 0.132. The summed E-state index contributed by atoms with van der Waals surface area (Å²) in [6.45, 7) is 10.4. The summed E-state index contributed by atoms with van der Waals surface area (Å²) >= 11 is 0. The lowest BCUT2D eigenvalue weighted by Gasteiger charge is -2.23. The number of hydrogen-bond donors (Lipinski definition) is 2. The Morgan fingerprint density at radius 3 is 2.73 bits per heavy atom. The minimum Gasteiger partial charge on any atom is -0.347 e. The number of hydrogen-bond acceptors (Lipinski definition) is 5. The maximum Gasteiger partial charge on any atom is 0.272 e. The van der Waals surface area contributed by atoms with Crippen molar-refractivity contribution in [2.45, 2.75) is 52.7 Å². The van der Waals surface area contributed by atoms with Crippen LogP contribution >= 0.6 is 0 Å². The summed E-state index contributed by atoms with van der Waals surface area (Å²) in [5, 5.41) is 11.1. The van der Waals surface area contributed by atoms with Crippen LogP contribution in [0, 0.1) is 6.92 Å². The zero-order valence-corrected chi connectivity index (χ0v) is 17.9. The fourth-order valence-corrected chi connectivity index (χ4v) is 3.89. The first-order valence-electron chi connectivity index (χ1n) is 10.4. The number of fused-ring (bicyclic) bond motifs is 1. The van der Waals surface area contributed by atoms with Crippen molar-refractivity contribution in [3.05, 3.63) is 64.7 Å². The minimum atomic E-state index is -0.132. The second-order valence-corrected chi connectivity index (χ2v) is 8.18. The topological polar surface area (TPSA) is 84.7 Å². The standard InChI is InChI=1S/C23H28N6O/c1-14(2)29-21-15(3)11-24-13-19(21)20(28-29)23(30)26-12-17-5-7-18(8-6-17)22-25-10-9-16(4)27-22/h5-10,14-15,24H,11-13H2,1-4H3,(H,26,30). The lowest BCUT2D eigenvalue weighted by molar-refractivity contribution is 0.0944. The average Bonchev–Trinajstić information content (AvgIpc) is 3.14. The van der Waals surface area contributed by atoms with Gasteiger partial charge in [-0.2, -0.15) is 5.10 Å². The molecule has 0 saturated carbocycles. The van der Waals surface area contributed by atoms with E-state index in [0.29, 0.717) is 30.5 Å². The van der Waals surface area contributed by atoms with Crippen LogP contribution in [0.4, 0.5) is 0 Å². The Kier molecular flexibility index (Phi) is 5.63. The van der Waals surface area contributed by atoms with E-state index in [9.17, 15) is 4.79 Å². The van der Waals surface area contributed by atoms with Gasteiger partial charge in [-0.3, -0.25) is 9.48 Å². The summed E-state index contributed by atoms with van der Waals surface area (Å²) in [5.74, 6) is 0.910. The van der Waals surface area contributed by atoms with Gasteiger partial charge in [0.15, 0.2) is 11.5 Å². The number of nitrogens with one attached hydrogen (secondary N) is 2. The van der Waals surface area contributed by atoms with Crippen LogP contribution in [0.1, 0.15) is 65.7 Å². The first-order valence-corrected chi connectivity index (χ1v) is 10.4. The highest BCUT2D eigenvalue weighted by Gasteiger charge is 2.29. The quantitative estimate of drug-likeness (QED) is 0.681. The summed E-state index contributed by atoms with van der Waals surface area (Å²) in [4.78, 5) is 21.7. The van der Waals surface area contributed by atoms with Crippen LogP contribution in [-0.2, 0) is 13.1 Å². The molecule has 1 aromatic carbocycles. The normalized spacial score (nSPS) is 15.8. The number of nitrogens with zero attached hydrogens (tertiary/aromatic N) is 4. The van der Waals surface area contributed by atoms with Gasteiger partial charge in [-0.05, 0) is 32.4 Å². The van der Waals surface area contributed by atoms with Gasteiger partial charge in [0.1, 0.15) is 0 Å². The van der Waals surface area contributed by atoms with E-state index in [2.05, 4.69) is 46.5 Å². The predicted molar refractivity (Wildman–Crippen MR) is 116 cm³/mol. The monoisotopic (exact) mass is 404 g/mol. The smallest absolute Gasteiger partial charge is 0.272 e. The van der Waals surface area contributed by atoms with Gasteiger partial charge in [0.2, 0.25) is 0 Å². The van der Waals surface area contributed by atoms with Gasteiger partial charge in [-0.25, -0.2) is 9.97 Å². The molecule has 4 rings (SSSR count). The van der Waals surface area contributed by atoms with E-state index in [0.717, 1.165) is 28.9 Å². The fourth-order valence-electron chi connectivity index (χ4n) is 3.89. The number of aromatic nitrogens is 4. The van der Waals surface area contributed by atoms with E-state index in [-0.39, 0.29) is 11.9 Å². The lowest BCUT2D eigenvalue weighted by Crippen LogP contribution is -2.30. The van der Waals surface area contributed by atoms with E-state index in [1.54, 1.807) is 6.20 Å². The highest BCUT2D eigenvalue weighted by molar-refractivity contribution is 5.94. The first kappa shape index (κ1) is 20.2. The van der Waals surface area contributed by atoms with Crippen molar-refractivity contribution in [1.82, 2.24) is 30.4 Å². The number of benzene rings is 1. The molecule has 1 atom stereocenters. The largest absolute Gasteiger partial charge is 0.347 e. The van der Waals surface area contributed by atoms with E-state index in [1.807, 2.05) is 41.9 Å². The summed E-state index contributed by atoms with van der Waals surface area (Å²) < 4.78 is 2.01. The average molecular weight is 405 g/mol. The SMILES string of the molecule is Cc1ccnc(-c2ccc(CNC(=O)c3nn(C(C)C)c4c3CNCC4C)cc2)n1. The Morgan fingerprint density at radius 2 is 2.03 bits per heavy atom. The summed E-state index contributed by atoms with van der Waals surface area (Å²) in [7, 11) is 0. The number of amides is 1. The predicted octanol–water partition coefficient (Wildman–Crippen LogP) is 3.37. The Labute approximate surface area is 176 Å². The van der Waals surface area contributed by atoms with Gasteiger partial charge in [0, 0.05) is 60.3 Å². The molecule has 1 unspecified atom stereocenters. The molecule has 0 fully saturated rings. The number of carbonyl (C=O) groups excluding carboxylic acids is 1. The molecule has 3 aromatic rings. The highest BCUT2D eigenvalue weighted by Crippen LogP contribution is 2.28. The van der Waals surface area contributed by atoms with Crippen molar-refractivity contribution in [2.75, 3.05) is 6.54 Å². The van der Waals surface area contributed by atoms with E-state index in [1.165, 1.54) is 5.69 Å².